The third-order valence-corrected chi connectivity index (χ3v) is 3.49. The van der Waals surface area contributed by atoms with Crippen LogP contribution in [0.3, 0.4) is 0 Å². The van der Waals surface area contributed by atoms with E-state index in [0.29, 0.717) is 0 Å². The molecule has 7 heteroatoms. The molecule has 0 saturated carbocycles. The summed E-state index contributed by atoms with van der Waals surface area (Å²) in [5, 5.41) is 18.2. The Morgan fingerprint density at radius 2 is 2.12 bits per heavy atom. The molecule has 1 rings (SSSR count). The molecule has 1 aromatic carbocycles. The molecule has 0 spiro atoms. The van der Waals surface area contributed by atoms with Crippen LogP contribution in [0.5, 0.6) is 0 Å². The molecule has 0 heterocycles. The summed E-state index contributed by atoms with van der Waals surface area (Å²) in [5.74, 6) is -0.665. The maximum atomic E-state index is 12.9. The van der Waals surface area contributed by atoms with Crippen LogP contribution in [0.15, 0.2) is 29.2 Å². The van der Waals surface area contributed by atoms with Gasteiger partial charge in [0.25, 0.3) is 0 Å². The Morgan fingerprint density at radius 1 is 1.47 bits per heavy atom. The lowest BCUT2D eigenvalue weighted by molar-refractivity contribution is 0.00681. The number of sulfonamides is 1. The molecule has 0 aliphatic heterocycles. The highest BCUT2D eigenvalue weighted by Gasteiger charge is 2.23. The van der Waals surface area contributed by atoms with Crippen LogP contribution in [0.25, 0.3) is 0 Å². The minimum absolute atomic E-state index is 0.230. The lowest BCUT2D eigenvalue weighted by Gasteiger charge is -2.20. The summed E-state index contributed by atoms with van der Waals surface area (Å²) in [6.45, 7) is 0.335. The van der Waals surface area contributed by atoms with Gasteiger partial charge in [-0.15, -0.1) is 0 Å². The first-order chi connectivity index (χ1) is 7.77. The summed E-state index contributed by atoms with van der Waals surface area (Å²) in [6.07, 6.45) is 0. The first kappa shape index (κ1) is 14.0. The van der Waals surface area contributed by atoms with E-state index in [9.17, 15) is 17.9 Å². The summed E-state index contributed by atoms with van der Waals surface area (Å²) >= 11 is 0. The van der Waals surface area contributed by atoms with Crippen molar-refractivity contribution in [3.05, 3.63) is 30.1 Å². The molecule has 0 aliphatic rings. The summed E-state index contributed by atoms with van der Waals surface area (Å²) in [7, 11) is -3.89. The monoisotopic (exact) mass is 263 g/mol. The van der Waals surface area contributed by atoms with Crippen LogP contribution >= 0.6 is 0 Å². The molecule has 17 heavy (non-hydrogen) atoms. The Kier molecular flexibility index (Phi) is 4.21. The molecule has 0 fully saturated rings. The topological polar surface area (TPSA) is 86.6 Å². The van der Waals surface area contributed by atoms with Gasteiger partial charge in [-0.05, 0) is 25.1 Å². The molecule has 0 bridgehead atoms. The van der Waals surface area contributed by atoms with Crippen molar-refractivity contribution in [1.82, 2.24) is 4.72 Å². The van der Waals surface area contributed by atoms with Crippen LogP contribution < -0.4 is 4.72 Å². The van der Waals surface area contributed by atoms with Gasteiger partial charge in [-0.1, -0.05) is 6.07 Å². The Labute approximate surface area is 99.0 Å². The van der Waals surface area contributed by atoms with E-state index in [4.69, 9.17) is 5.11 Å². The second-order valence-corrected chi connectivity index (χ2v) is 5.70. The Morgan fingerprint density at radius 3 is 2.65 bits per heavy atom. The van der Waals surface area contributed by atoms with Crippen molar-refractivity contribution in [2.24, 2.45) is 0 Å². The van der Waals surface area contributed by atoms with E-state index in [1.807, 2.05) is 0 Å². The largest absolute Gasteiger partial charge is 0.393 e. The van der Waals surface area contributed by atoms with Crippen molar-refractivity contribution in [3.8, 4) is 0 Å². The van der Waals surface area contributed by atoms with Crippen molar-refractivity contribution >= 4 is 10.0 Å². The fourth-order valence-electron chi connectivity index (χ4n) is 1.02. The van der Waals surface area contributed by atoms with Gasteiger partial charge in [0.15, 0.2) is 0 Å². The van der Waals surface area contributed by atoms with Crippen molar-refractivity contribution in [3.63, 3.8) is 0 Å². The van der Waals surface area contributed by atoms with E-state index in [0.717, 1.165) is 12.1 Å². The van der Waals surface area contributed by atoms with E-state index in [2.05, 4.69) is 4.72 Å². The van der Waals surface area contributed by atoms with Gasteiger partial charge < -0.3 is 10.2 Å². The second kappa shape index (κ2) is 5.09. The first-order valence-electron chi connectivity index (χ1n) is 4.85. The average Bonchev–Trinajstić information content (AvgIpc) is 2.27. The number of halogens is 1. The highest BCUT2D eigenvalue weighted by atomic mass is 32.2. The third-order valence-electron chi connectivity index (χ3n) is 2.09. The quantitative estimate of drug-likeness (QED) is 0.689. The molecule has 0 radical (unpaired) electrons. The van der Waals surface area contributed by atoms with Crippen LogP contribution in [-0.2, 0) is 10.0 Å². The maximum absolute atomic E-state index is 12.9. The zero-order valence-electron chi connectivity index (χ0n) is 9.22. The van der Waals surface area contributed by atoms with Crippen molar-refractivity contribution in [2.75, 3.05) is 13.2 Å². The van der Waals surface area contributed by atoms with Crippen LogP contribution in [0.4, 0.5) is 4.39 Å². The SMILES string of the molecule is CC(O)(CO)CNS(=O)(=O)c1cccc(F)c1. The number of aliphatic hydroxyl groups is 2. The van der Waals surface area contributed by atoms with Crippen LogP contribution in [0.1, 0.15) is 6.92 Å². The van der Waals surface area contributed by atoms with Gasteiger partial charge in [0.1, 0.15) is 5.82 Å². The lowest BCUT2D eigenvalue weighted by Crippen LogP contribution is -2.43. The van der Waals surface area contributed by atoms with E-state index in [1.54, 1.807) is 0 Å². The number of rotatable bonds is 5. The highest BCUT2D eigenvalue weighted by molar-refractivity contribution is 7.89. The van der Waals surface area contributed by atoms with Crippen molar-refractivity contribution in [2.45, 2.75) is 17.4 Å². The molecule has 0 aromatic heterocycles. The van der Waals surface area contributed by atoms with Crippen LogP contribution in [-0.4, -0.2) is 37.4 Å². The number of aliphatic hydroxyl groups excluding tert-OH is 1. The molecule has 3 N–H and O–H groups in total. The number of nitrogens with one attached hydrogen (secondary N) is 1. The van der Waals surface area contributed by atoms with E-state index >= 15 is 0 Å². The number of hydrogen-bond acceptors (Lipinski definition) is 4. The van der Waals surface area contributed by atoms with Crippen molar-refractivity contribution < 1.29 is 23.0 Å². The average molecular weight is 263 g/mol. The Bertz CT molecular complexity index is 487. The molecular formula is C10H14FNO4S. The zero-order valence-corrected chi connectivity index (χ0v) is 10.0. The molecule has 0 saturated heterocycles. The minimum Gasteiger partial charge on any atom is -0.393 e. The molecule has 0 amide bonds. The minimum atomic E-state index is -3.89. The van der Waals surface area contributed by atoms with Gasteiger partial charge in [0.2, 0.25) is 10.0 Å². The van der Waals surface area contributed by atoms with Gasteiger partial charge in [0, 0.05) is 6.54 Å². The first-order valence-corrected chi connectivity index (χ1v) is 6.34. The predicted octanol–water partition coefficient (Wildman–Crippen LogP) is -0.153. The molecule has 1 aromatic rings. The zero-order chi connectivity index (χ0) is 13.1. The van der Waals surface area contributed by atoms with Crippen LogP contribution in [0.2, 0.25) is 0 Å². The second-order valence-electron chi connectivity index (χ2n) is 3.94. The van der Waals surface area contributed by atoms with Crippen molar-refractivity contribution in [1.29, 1.82) is 0 Å². The normalized spacial score (nSPS) is 15.5. The molecule has 0 aliphatic carbocycles. The fraction of sp³-hybridized carbons (Fsp3) is 0.400. The predicted molar refractivity (Wildman–Crippen MR) is 59.3 cm³/mol. The highest BCUT2D eigenvalue weighted by Crippen LogP contribution is 2.11. The molecule has 1 unspecified atom stereocenters. The molecule has 96 valence electrons. The summed E-state index contributed by atoms with van der Waals surface area (Å²) in [4.78, 5) is -0.230. The Hall–Kier alpha value is -1.02. The lowest BCUT2D eigenvalue weighted by atomic mass is 10.1. The number of hydrogen-bond donors (Lipinski definition) is 3. The summed E-state index contributed by atoms with van der Waals surface area (Å²) < 4.78 is 38.3. The fourth-order valence-corrected chi connectivity index (χ4v) is 2.22. The van der Waals surface area contributed by atoms with E-state index < -0.39 is 28.0 Å². The Balaban J connectivity index is 2.83. The van der Waals surface area contributed by atoms with Crippen LogP contribution in [0, 0.1) is 5.82 Å². The molecule has 5 nitrogen and oxygen atoms in total. The van der Waals surface area contributed by atoms with Gasteiger partial charge in [0.05, 0.1) is 17.1 Å². The van der Waals surface area contributed by atoms with Gasteiger partial charge in [-0.3, -0.25) is 0 Å². The van der Waals surface area contributed by atoms with Gasteiger partial charge in [-0.25, -0.2) is 17.5 Å². The smallest absolute Gasteiger partial charge is 0.240 e. The van der Waals surface area contributed by atoms with Gasteiger partial charge in [-0.2, -0.15) is 0 Å². The van der Waals surface area contributed by atoms with Gasteiger partial charge >= 0.3 is 0 Å². The third kappa shape index (κ3) is 4.04. The maximum Gasteiger partial charge on any atom is 0.240 e. The van der Waals surface area contributed by atoms with E-state index in [1.165, 1.54) is 19.1 Å². The summed E-state index contributed by atoms with van der Waals surface area (Å²) in [5.41, 5.74) is -1.56. The molecule has 1 atom stereocenters. The summed E-state index contributed by atoms with van der Waals surface area (Å²) in [6, 6.07) is 4.51. The van der Waals surface area contributed by atoms with E-state index in [-0.39, 0.29) is 11.4 Å². The standard InChI is InChI=1S/C10H14FNO4S/c1-10(14,7-13)6-12-17(15,16)9-4-2-3-8(11)5-9/h2-5,12-14H,6-7H2,1H3. The number of benzene rings is 1. The molecular weight excluding hydrogens is 249 g/mol.